The molecule has 0 unspecified atom stereocenters. The molecule has 0 aromatic heterocycles. The van der Waals surface area contributed by atoms with Crippen LogP contribution in [0.1, 0.15) is 0 Å². The molecule has 0 aliphatic rings. The first-order chi connectivity index (χ1) is 10.6. The van der Waals surface area contributed by atoms with Gasteiger partial charge in [0.2, 0.25) is 5.91 Å². The Kier molecular flexibility index (Phi) is 5.49. The summed E-state index contributed by atoms with van der Waals surface area (Å²) in [5.74, 6) is 0.883. The van der Waals surface area contributed by atoms with Crippen LogP contribution in [0.2, 0.25) is 5.02 Å². The lowest BCUT2D eigenvalue weighted by Crippen LogP contribution is -2.21. The third kappa shape index (κ3) is 4.05. The molecule has 0 saturated carbocycles. The van der Waals surface area contributed by atoms with E-state index >= 15 is 0 Å². The minimum Gasteiger partial charge on any atom is -0.495 e. The van der Waals surface area contributed by atoms with Gasteiger partial charge in [0, 0.05) is 17.8 Å². The van der Waals surface area contributed by atoms with E-state index in [0.717, 1.165) is 5.69 Å². The molecule has 6 heteroatoms. The Morgan fingerprint density at radius 3 is 2.41 bits per heavy atom. The number of hydrogen-bond acceptors (Lipinski definition) is 4. The van der Waals surface area contributed by atoms with Gasteiger partial charge in [0.15, 0.2) is 0 Å². The number of methoxy groups -OCH3 is 2. The highest BCUT2D eigenvalue weighted by Crippen LogP contribution is 2.35. The highest BCUT2D eigenvalue weighted by molar-refractivity contribution is 6.32. The van der Waals surface area contributed by atoms with Crippen LogP contribution in [0.15, 0.2) is 42.5 Å². The smallest absolute Gasteiger partial charge is 0.243 e. The summed E-state index contributed by atoms with van der Waals surface area (Å²) >= 11 is 6.04. The van der Waals surface area contributed by atoms with E-state index in [1.54, 1.807) is 12.1 Å². The van der Waals surface area contributed by atoms with E-state index in [9.17, 15) is 4.79 Å². The zero-order valence-electron chi connectivity index (χ0n) is 12.4. The van der Waals surface area contributed by atoms with Crippen LogP contribution < -0.4 is 20.1 Å². The first-order valence-electron chi connectivity index (χ1n) is 6.64. The number of rotatable bonds is 6. The summed E-state index contributed by atoms with van der Waals surface area (Å²) in [6.07, 6.45) is 0. The maximum Gasteiger partial charge on any atom is 0.243 e. The van der Waals surface area contributed by atoms with Crippen LogP contribution in [-0.2, 0) is 4.79 Å². The van der Waals surface area contributed by atoms with Crippen molar-refractivity contribution in [2.45, 2.75) is 0 Å². The van der Waals surface area contributed by atoms with Crippen molar-refractivity contribution in [1.82, 2.24) is 0 Å². The van der Waals surface area contributed by atoms with E-state index in [-0.39, 0.29) is 12.5 Å². The van der Waals surface area contributed by atoms with Gasteiger partial charge in [-0.2, -0.15) is 0 Å². The third-order valence-corrected chi connectivity index (χ3v) is 3.27. The van der Waals surface area contributed by atoms with Crippen molar-refractivity contribution in [3.8, 4) is 11.5 Å². The molecule has 2 aromatic rings. The standard InChI is InChI=1S/C16H17ClN2O3/c1-21-14-9-13(15(22-2)8-12(14)17)18-10-16(20)19-11-6-4-3-5-7-11/h3-9,18H,10H2,1-2H3,(H,19,20). The van der Waals surface area contributed by atoms with Gasteiger partial charge < -0.3 is 20.1 Å². The summed E-state index contributed by atoms with van der Waals surface area (Å²) in [6.45, 7) is 0.0933. The monoisotopic (exact) mass is 320 g/mol. The minimum atomic E-state index is -0.165. The van der Waals surface area contributed by atoms with Crippen LogP contribution in [0, 0.1) is 0 Å². The third-order valence-electron chi connectivity index (χ3n) is 2.97. The molecule has 0 fully saturated rings. The molecule has 2 rings (SSSR count). The maximum atomic E-state index is 11.9. The number of halogens is 1. The Balaban J connectivity index is 2.03. The number of benzene rings is 2. The highest BCUT2D eigenvalue weighted by Gasteiger charge is 2.11. The number of nitrogens with one attached hydrogen (secondary N) is 2. The summed E-state index contributed by atoms with van der Waals surface area (Å²) in [7, 11) is 3.06. The van der Waals surface area contributed by atoms with Crippen molar-refractivity contribution >= 4 is 28.9 Å². The van der Waals surface area contributed by atoms with E-state index in [1.807, 2.05) is 30.3 Å². The zero-order valence-corrected chi connectivity index (χ0v) is 13.1. The number of para-hydroxylation sites is 1. The number of carbonyl (C=O) groups excluding carboxylic acids is 1. The van der Waals surface area contributed by atoms with Crippen molar-refractivity contribution in [1.29, 1.82) is 0 Å². The summed E-state index contributed by atoms with van der Waals surface area (Å²) in [6, 6.07) is 12.6. The molecule has 0 aliphatic heterocycles. The molecular weight excluding hydrogens is 304 g/mol. The van der Waals surface area contributed by atoms with Crippen LogP contribution in [0.3, 0.4) is 0 Å². The molecule has 0 spiro atoms. The molecular formula is C16H17ClN2O3. The lowest BCUT2D eigenvalue weighted by atomic mass is 10.2. The van der Waals surface area contributed by atoms with Gasteiger partial charge in [0.1, 0.15) is 11.5 Å². The van der Waals surface area contributed by atoms with Crippen molar-refractivity contribution in [3.05, 3.63) is 47.5 Å². The lowest BCUT2D eigenvalue weighted by molar-refractivity contribution is -0.114. The molecule has 0 atom stereocenters. The van der Waals surface area contributed by atoms with Crippen LogP contribution in [0.5, 0.6) is 11.5 Å². The van der Waals surface area contributed by atoms with Crippen LogP contribution >= 0.6 is 11.6 Å². The summed E-state index contributed by atoms with van der Waals surface area (Å²) in [5, 5.41) is 6.24. The highest BCUT2D eigenvalue weighted by atomic mass is 35.5. The number of anilines is 2. The Morgan fingerprint density at radius 2 is 1.77 bits per heavy atom. The molecule has 5 nitrogen and oxygen atoms in total. The number of carbonyl (C=O) groups is 1. The summed E-state index contributed by atoms with van der Waals surface area (Å²) < 4.78 is 10.4. The molecule has 1 amide bonds. The van der Waals surface area contributed by atoms with E-state index in [0.29, 0.717) is 22.2 Å². The largest absolute Gasteiger partial charge is 0.495 e. The second-order valence-electron chi connectivity index (χ2n) is 4.45. The fourth-order valence-corrected chi connectivity index (χ4v) is 2.13. The Bertz CT molecular complexity index is 647. The Labute approximate surface area is 134 Å². The first kappa shape index (κ1) is 16.0. The Morgan fingerprint density at radius 1 is 1.09 bits per heavy atom. The normalized spacial score (nSPS) is 9.95. The minimum absolute atomic E-state index is 0.0933. The Hall–Kier alpha value is -2.40. The molecule has 22 heavy (non-hydrogen) atoms. The predicted molar refractivity (Wildman–Crippen MR) is 88.1 cm³/mol. The van der Waals surface area contributed by atoms with Crippen molar-refractivity contribution in [3.63, 3.8) is 0 Å². The second-order valence-corrected chi connectivity index (χ2v) is 4.86. The maximum absolute atomic E-state index is 11.9. The average molecular weight is 321 g/mol. The van der Waals surface area contributed by atoms with E-state index < -0.39 is 0 Å². The topological polar surface area (TPSA) is 59.6 Å². The van der Waals surface area contributed by atoms with Crippen LogP contribution in [0.4, 0.5) is 11.4 Å². The predicted octanol–water partition coefficient (Wildman–Crippen LogP) is 3.41. The molecule has 0 heterocycles. The van der Waals surface area contributed by atoms with Crippen LogP contribution in [0.25, 0.3) is 0 Å². The number of hydrogen-bond donors (Lipinski definition) is 2. The fraction of sp³-hybridized carbons (Fsp3) is 0.188. The van der Waals surface area contributed by atoms with Gasteiger partial charge in [-0.1, -0.05) is 29.8 Å². The van der Waals surface area contributed by atoms with Crippen molar-refractivity contribution in [2.75, 3.05) is 31.4 Å². The van der Waals surface area contributed by atoms with Gasteiger partial charge in [-0.15, -0.1) is 0 Å². The summed E-state index contributed by atoms with van der Waals surface area (Å²) in [5.41, 5.74) is 1.38. The number of amides is 1. The van der Waals surface area contributed by atoms with Crippen molar-refractivity contribution < 1.29 is 14.3 Å². The molecule has 116 valence electrons. The van der Waals surface area contributed by atoms with E-state index in [2.05, 4.69) is 10.6 Å². The molecule has 2 aromatic carbocycles. The quantitative estimate of drug-likeness (QED) is 0.856. The lowest BCUT2D eigenvalue weighted by Gasteiger charge is -2.14. The second kappa shape index (κ2) is 7.56. The van der Waals surface area contributed by atoms with Gasteiger partial charge in [-0.05, 0) is 12.1 Å². The molecule has 0 saturated heterocycles. The summed E-state index contributed by atoms with van der Waals surface area (Å²) in [4.78, 5) is 11.9. The van der Waals surface area contributed by atoms with E-state index in [1.165, 1.54) is 14.2 Å². The molecule has 0 radical (unpaired) electrons. The van der Waals surface area contributed by atoms with Gasteiger partial charge in [-0.25, -0.2) is 0 Å². The van der Waals surface area contributed by atoms with E-state index in [4.69, 9.17) is 21.1 Å². The van der Waals surface area contributed by atoms with Gasteiger partial charge in [0.05, 0.1) is 31.5 Å². The van der Waals surface area contributed by atoms with Crippen LogP contribution in [-0.4, -0.2) is 26.7 Å². The fourth-order valence-electron chi connectivity index (χ4n) is 1.90. The van der Waals surface area contributed by atoms with Crippen molar-refractivity contribution in [2.24, 2.45) is 0 Å². The van der Waals surface area contributed by atoms with Gasteiger partial charge in [0.25, 0.3) is 0 Å². The SMILES string of the molecule is COc1cc(NCC(=O)Nc2ccccc2)c(OC)cc1Cl. The molecule has 0 aliphatic carbocycles. The first-order valence-corrected chi connectivity index (χ1v) is 7.02. The average Bonchev–Trinajstić information content (AvgIpc) is 2.54. The number of ether oxygens (including phenoxy) is 2. The molecule has 2 N–H and O–H groups in total. The van der Waals surface area contributed by atoms with Gasteiger partial charge >= 0.3 is 0 Å². The molecule has 0 bridgehead atoms. The van der Waals surface area contributed by atoms with Gasteiger partial charge in [-0.3, -0.25) is 4.79 Å². The zero-order chi connectivity index (χ0) is 15.9.